The Kier molecular flexibility index (Phi) is 5.00. The third-order valence-electron chi connectivity index (χ3n) is 5.02. The molecule has 4 rings (SSSR count). The molecule has 8 heteroatoms. The van der Waals surface area contributed by atoms with Crippen LogP contribution < -0.4 is 20.9 Å². The van der Waals surface area contributed by atoms with Gasteiger partial charge >= 0.3 is 5.69 Å². The summed E-state index contributed by atoms with van der Waals surface area (Å²) in [6.45, 7) is 4.69. The number of ether oxygens (including phenoxy) is 1. The van der Waals surface area contributed by atoms with Crippen LogP contribution in [-0.2, 0) is 6.54 Å². The molecule has 0 amide bonds. The van der Waals surface area contributed by atoms with Gasteiger partial charge in [-0.05, 0) is 23.6 Å². The van der Waals surface area contributed by atoms with Crippen LogP contribution >= 0.6 is 11.3 Å². The second-order valence-electron chi connectivity index (χ2n) is 6.58. The number of nitrogens with zero attached hydrogens (tertiary/aromatic N) is 3. The number of piperazine rings is 1. The van der Waals surface area contributed by atoms with Crippen LogP contribution in [0.4, 0.5) is 5.69 Å². The molecule has 0 atom stereocenters. The highest BCUT2D eigenvalue weighted by molar-refractivity contribution is 7.17. The first-order valence-electron chi connectivity index (χ1n) is 8.97. The average molecular weight is 386 g/mol. The van der Waals surface area contributed by atoms with Gasteiger partial charge < -0.3 is 14.6 Å². The van der Waals surface area contributed by atoms with Crippen molar-refractivity contribution in [2.45, 2.75) is 6.54 Å². The van der Waals surface area contributed by atoms with Gasteiger partial charge in [0.2, 0.25) is 0 Å². The van der Waals surface area contributed by atoms with Gasteiger partial charge in [-0.1, -0.05) is 6.07 Å². The number of nitrogens with one attached hydrogen (secondary N) is 1. The molecule has 1 aliphatic rings. The molecule has 1 saturated heterocycles. The minimum absolute atomic E-state index is 0.196. The standard InChI is InChI=1S/C19H22N4O3S/c1-26-15-4-2-3-14(13-15)22-9-6-21(7-10-22)8-11-23-18(24)17-16(5-12-27-17)20-19(23)25/h2-5,12-13H,6-11H2,1H3,(H,20,25). The lowest BCUT2D eigenvalue weighted by Crippen LogP contribution is -2.48. The van der Waals surface area contributed by atoms with Gasteiger partial charge in [-0.2, -0.15) is 0 Å². The smallest absolute Gasteiger partial charge is 0.328 e. The van der Waals surface area contributed by atoms with Crippen LogP contribution in [0, 0.1) is 0 Å². The zero-order chi connectivity index (χ0) is 18.8. The van der Waals surface area contributed by atoms with Crippen molar-refractivity contribution in [3.63, 3.8) is 0 Å². The normalized spacial score (nSPS) is 15.4. The number of hydrogen-bond acceptors (Lipinski definition) is 6. The third-order valence-corrected chi connectivity index (χ3v) is 5.92. The first kappa shape index (κ1) is 17.8. The van der Waals surface area contributed by atoms with E-state index in [0.717, 1.165) is 37.6 Å². The lowest BCUT2D eigenvalue weighted by Gasteiger charge is -2.36. The first-order valence-corrected chi connectivity index (χ1v) is 9.85. The molecule has 0 bridgehead atoms. The van der Waals surface area contributed by atoms with E-state index >= 15 is 0 Å². The molecule has 3 aromatic rings. The molecule has 0 unspecified atom stereocenters. The molecule has 0 radical (unpaired) electrons. The van der Waals surface area contributed by atoms with Gasteiger partial charge in [-0.15, -0.1) is 11.3 Å². The summed E-state index contributed by atoms with van der Waals surface area (Å²) in [4.78, 5) is 32.1. The number of methoxy groups -OCH3 is 1. The molecule has 1 N–H and O–H groups in total. The molecule has 27 heavy (non-hydrogen) atoms. The van der Waals surface area contributed by atoms with E-state index in [1.165, 1.54) is 15.9 Å². The molecule has 2 aromatic heterocycles. The fraction of sp³-hybridized carbons (Fsp3) is 0.368. The SMILES string of the molecule is COc1cccc(N2CCN(CCn3c(=O)[nH]c4ccsc4c3=O)CC2)c1. The van der Waals surface area contributed by atoms with Crippen molar-refractivity contribution in [3.05, 3.63) is 56.5 Å². The largest absolute Gasteiger partial charge is 0.497 e. The number of hydrogen-bond donors (Lipinski definition) is 1. The van der Waals surface area contributed by atoms with E-state index in [0.29, 0.717) is 23.3 Å². The van der Waals surface area contributed by atoms with E-state index in [1.54, 1.807) is 13.2 Å². The van der Waals surface area contributed by atoms with Crippen molar-refractivity contribution < 1.29 is 4.74 Å². The maximum atomic E-state index is 12.5. The molecular formula is C19H22N4O3S. The van der Waals surface area contributed by atoms with E-state index in [1.807, 2.05) is 23.6 Å². The summed E-state index contributed by atoms with van der Waals surface area (Å²) in [5, 5.41) is 1.82. The van der Waals surface area contributed by atoms with Crippen LogP contribution in [0.2, 0.25) is 0 Å². The minimum atomic E-state index is -0.332. The van der Waals surface area contributed by atoms with Crippen LogP contribution in [0.15, 0.2) is 45.3 Å². The van der Waals surface area contributed by atoms with Gasteiger partial charge in [0.25, 0.3) is 5.56 Å². The van der Waals surface area contributed by atoms with Gasteiger partial charge in [-0.25, -0.2) is 4.79 Å². The number of fused-ring (bicyclic) bond motifs is 1. The second-order valence-corrected chi connectivity index (χ2v) is 7.50. The second kappa shape index (κ2) is 7.58. The Balaban J connectivity index is 1.39. The van der Waals surface area contributed by atoms with Crippen LogP contribution in [0.5, 0.6) is 5.75 Å². The number of anilines is 1. The highest BCUT2D eigenvalue weighted by Gasteiger charge is 2.18. The number of benzene rings is 1. The summed E-state index contributed by atoms with van der Waals surface area (Å²) < 4.78 is 7.22. The molecule has 3 heterocycles. The Morgan fingerprint density at radius 3 is 2.70 bits per heavy atom. The van der Waals surface area contributed by atoms with E-state index in [4.69, 9.17) is 4.74 Å². The topological polar surface area (TPSA) is 70.6 Å². The Hall–Kier alpha value is -2.58. The molecule has 0 aliphatic carbocycles. The number of aromatic amines is 1. The monoisotopic (exact) mass is 386 g/mol. The molecule has 1 fully saturated rings. The van der Waals surface area contributed by atoms with E-state index in [9.17, 15) is 9.59 Å². The Bertz CT molecular complexity index is 1050. The predicted molar refractivity (Wildman–Crippen MR) is 108 cm³/mol. The zero-order valence-electron chi connectivity index (χ0n) is 15.2. The molecular weight excluding hydrogens is 364 g/mol. The van der Waals surface area contributed by atoms with E-state index in [2.05, 4.69) is 20.9 Å². The van der Waals surface area contributed by atoms with E-state index in [-0.39, 0.29) is 11.2 Å². The molecule has 142 valence electrons. The molecule has 0 spiro atoms. The quantitative estimate of drug-likeness (QED) is 0.721. The van der Waals surface area contributed by atoms with Crippen LogP contribution in [0.25, 0.3) is 10.2 Å². The summed E-state index contributed by atoms with van der Waals surface area (Å²) in [5.74, 6) is 0.859. The summed E-state index contributed by atoms with van der Waals surface area (Å²) in [7, 11) is 1.67. The van der Waals surface area contributed by atoms with Crippen molar-refractivity contribution in [2.24, 2.45) is 0 Å². The summed E-state index contributed by atoms with van der Waals surface area (Å²) in [5.41, 5.74) is 1.25. The maximum absolute atomic E-state index is 12.5. The van der Waals surface area contributed by atoms with Crippen molar-refractivity contribution in [2.75, 3.05) is 44.7 Å². The van der Waals surface area contributed by atoms with Gasteiger partial charge in [0.15, 0.2) is 0 Å². The summed E-state index contributed by atoms with van der Waals surface area (Å²) >= 11 is 1.37. The van der Waals surface area contributed by atoms with Crippen molar-refractivity contribution in [3.8, 4) is 5.75 Å². The van der Waals surface area contributed by atoms with Crippen molar-refractivity contribution in [1.29, 1.82) is 0 Å². The van der Waals surface area contributed by atoms with Crippen LogP contribution in [0.1, 0.15) is 0 Å². The number of rotatable bonds is 5. The van der Waals surface area contributed by atoms with Crippen LogP contribution in [0.3, 0.4) is 0 Å². The van der Waals surface area contributed by atoms with Gasteiger partial charge in [0, 0.05) is 51.0 Å². The Morgan fingerprint density at radius 2 is 1.93 bits per heavy atom. The van der Waals surface area contributed by atoms with Crippen molar-refractivity contribution >= 4 is 27.2 Å². The lowest BCUT2D eigenvalue weighted by molar-refractivity contribution is 0.246. The number of H-pyrrole nitrogens is 1. The number of aromatic nitrogens is 2. The summed E-state index contributed by atoms with van der Waals surface area (Å²) in [6.07, 6.45) is 0. The summed E-state index contributed by atoms with van der Waals surface area (Å²) in [6, 6.07) is 9.85. The average Bonchev–Trinajstić information content (AvgIpc) is 3.17. The molecule has 1 aromatic carbocycles. The zero-order valence-corrected chi connectivity index (χ0v) is 16.0. The van der Waals surface area contributed by atoms with Crippen LogP contribution in [-0.4, -0.2) is 54.3 Å². The van der Waals surface area contributed by atoms with Crippen molar-refractivity contribution in [1.82, 2.24) is 14.5 Å². The van der Waals surface area contributed by atoms with E-state index < -0.39 is 0 Å². The van der Waals surface area contributed by atoms with Gasteiger partial charge in [-0.3, -0.25) is 14.3 Å². The third kappa shape index (κ3) is 3.63. The first-order chi connectivity index (χ1) is 13.2. The fourth-order valence-corrected chi connectivity index (χ4v) is 4.25. The molecule has 7 nitrogen and oxygen atoms in total. The Morgan fingerprint density at radius 1 is 1.11 bits per heavy atom. The van der Waals surface area contributed by atoms with Gasteiger partial charge in [0.05, 0.1) is 12.6 Å². The molecule has 0 saturated carbocycles. The highest BCUT2D eigenvalue weighted by Crippen LogP contribution is 2.22. The fourth-order valence-electron chi connectivity index (χ4n) is 3.45. The predicted octanol–water partition coefficient (Wildman–Crippen LogP) is 1.58. The molecule has 1 aliphatic heterocycles. The highest BCUT2D eigenvalue weighted by atomic mass is 32.1. The number of thiophene rings is 1. The lowest BCUT2D eigenvalue weighted by atomic mass is 10.2. The Labute approximate surface area is 160 Å². The van der Waals surface area contributed by atoms with Gasteiger partial charge in [0.1, 0.15) is 10.4 Å². The maximum Gasteiger partial charge on any atom is 0.328 e. The minimum Gasteiger partial charge on any atom is -0.497 e.